The van der Waals surface area contributed by atoms with E-state index in [1.54, 1.807) is 18.5 Å². The topological polar surface area (TPSA) is 150 Å². The van der Waals surface area contributed by atoms with Crippen molar-refractivity contribution in [3.05, 3.63) is 36.3 Å². The summed E-state index contributed by atoms with van der Waals surface area (Å²) in [4.78, 5) is 42.5. The highest BCUT2D eigenvalue weighted by Gasteiger charge is 2.31. The summed E-state index contributed by atoms with van der Waals surface area (Å²) in [5.41, 5.74) is 1.52. The Hall–Kier alpha value is -4.04. The molecule has 50 heavy (non-hydrogen) atoms. The van der Waals surface area contributed by atoms with Crippen LogP contribution >= 0.6 is 0 Å². The molecule has 0 spiro atoms. The van der Waals surface area contributed by atoms with E-state index in [1.165, 1.54) is 13.5 Å². The van der Waals surface area contributed by atoms with Gasteiger partial charge in [-0.3, -0.25) is 4.79 Å². The van der Waals surface area contributed by atoms with Crippen molar-refractivity contribution in [2.75, 3.05) is 50.1 Å². The van der Waals surface area contributed by atoms with Crippen molar-refractivity contribution in [3.63, 3.8) is 0 Å². The summed E-state index contributed by atoms with van der Waals surface area (Å²) >= 11 is 0. The third-order valence-electron chi connectivity index (χ3n) is 10.7. The second-order valence-electron chi connectivity index (χ2n) is 14.4. The molecule has 3 aliphatic rings. The average molecular weight is 694 g/mol. The SMILES string of the molecule is CO[C@@H]1CCN(c2nccc(Nc3cc4c(cn3)c(C(=O)NC3CCN(CCC[C@H]5CC[C@H](NC(=O)O)CC5)CC3)cn4C(C)C)n2)C[C@@H]1F. The van der Waals surface area contributed by atoms with Gasteiger partial charge in [0, 0.05) is 74.9 Å². The molecule has 13 nitrogen and oxygen atoms in total. The number of fused-ring (bicyclic) bond motifs is 1. The average Bonchev–Trinajstić information content (AvgIpc) is 3.49. The third kappa shape index (κ3) is 8.81. The lowest BCUT2D eigenvalue weighted by molar-refractivity contribution is 0.0194. The monoisotopic (exact) mass is 693 g/mol. The van der Waals surface area contributed by atoms with Crippen molar-refractivity contribution in [3.8, 4) is 0 Å². The molecule has 0 radical (unpaired) electrons. The van der Waals surface area contributed by atoms with E-state index in [0.717, 1.165) is 75.5 Å². The zero-order valence-corrected chi connectivity index (χ0v) is 29.5. The molecule has 0 unspecified atom stereocenters. The van der Waals surface area contributed by atoms with Gasteiger partial charge >= 0.3 is 6.09 Å². The number of aromatic nitrogens is 4. The smallest absolute Gasteiger partial charge is 0.404 e. The number of amides is 2. The van der Waals surface area contributed by atoms with E-state index >= 15 is 0 Å². The largest absolute Gasteiger partial charge is 0.465 e. The highest BCUT2D eigenvalue weighted by molar-refractivity contribution is 6.07. The van der Waals surface area contributed by atoms with Crippen LogP contribution in [0.5, 0.6) is 0 Å². The van der Waals surface area contributed by atoms with Crippen LogP contribution in [0.15, 0.2) is 30.7 Å². The summed E-state index contributed by atoms with van der Waals surface area (Å²) in [6.45, 7) is 7.97. The van der Waals surface area contributed by atoms with Crippen LogP contribution in [0.3, 0.4) is 0 Å². The lowest BCUT2D eigenvalue weighted by atomic mass is 9.83. The number of rotatable bonds is 12. The molecule has 5 heterocycles. The number of alkyl halides is 1. The molecular formula is C36H52FN9O4. The maximum absolute atomic E-state index is 14.5. The number of methoxy groups -OCH3 is 1. The van der Waals surface area contributed by atoms with E-state index in [0.29, 0.717) is 42.0 Å². The molecule has 1 saturated carbocycles. The quantitative estimate of drug-likeness (QED) is 0.191. The minimum absolute atomic E-state index is 0.0767. The van der Waals surface area contributed by atoms with Gasteiger partial charge in [-0.2, -0.15) is 4.98 Å². The number of carbonyl (C=O) groups excluding carboxylic acids is 1. The number of anilines is 3. The van der Waals surface area contributed by atoms with Crippen LogP contribution in [0.1, 0.15) is 88.0 Å². The van der Waals surface area contributed by atoms with Crippen molar-refractivity contribution in [1.29, 1.82) is 0 Å². The van der Waals surface area contributed by atoms with E-state index in [2.05, 4.69) is 54.2 Å². The Bertz CT molecular complexity index is 1600. The zero-order chi connectivity index (χ0) is 35.2. The Labute approximate surface area is 293 Å². The summed E-state index contributed by atoms with van der Waals surface area (Å²) in [6.07, 6.45) is 11.7. The van der Waals surface area contributed by atoms with Gasteiger partial charge in [-0.1, -0.05) is 0 Å². The minimum Gasteiger partial charge on any atom is -0.465 e. The van der Waals surface area contributed by atoms with Crippen LogP contribution in [-0.2, 0) is 4.74 Å². The van der Waals surface area contributed by atoms with Crippen molar-refractivity contribution >= 4 is 40.5 Å². The molecule has 14 heteroatoms. The number of hydrogen-bond donors (Lipinski definition) is 4. The molecule has 2 amide bonds. The van der Waals surface area contributed by atoms with E-state index in [1.807, 2.05) is 17.2 Å². The summed E-state index contributed by atoms with van der Waals surface area (Å²) in [5.74, 6) is 2.21. The molecule has 0 aromatic carbocycles. The lowest BCUT2D eigenvalue weighted by Crippen LogP contribution is -2.46. The molecule has 4 N–H and O–H groups in total. The first-order chi connectivity index (χ1) is 24.2. The normalized spacial score (nSPS) is 23.7. The van der Waals surface area contributed by atoms with Crippen LogP contribution in [-0.4, -0.2) is 106 Å². The molecule has 1 aliphatic carbocycles. The van der Waals surface area contributed by atoms with E-state index in [4.69, 9.17) is 9.84 Å². The number of nitrogens with zero attached hydrogens (tertiary/aromatic N) is 6. The van der Waals surface area contributed by atoms with Crippen LogP contribution in [0, 0.1) is 5.92 Å². The van der Waals surface area contributed by atoms with Crippen LogP contribution in [0.2, 0.25) is 0 Å². The number of likely N-dealkylation sites (tertiary alicyclic amines) is 1. The standard InChI is InChI=1S/C36H52FN9O4/c1-23(2)46-21-28(34(47)40-26-11-16-44(17-12-26)15-4-5-24-6-8-25(9-7-24)41-36(48)49)27-20-39-33(19-30(27)46)42-32-10-14-38-35(43-32)45-18-13-31(50-3)29(37)22-45/h10,14,19-21,23-26,29,31,41H,4-9,11-13,15-18,22H2,1-3H3,(H,40,47)(H,48,49)(H,38,39,42,43)/t24-,25-,29-,31+/m0/s1. The third-order valence-corrected chi connectivity index (χ3v) is 10.7. The fourth-order valence-corrected chi connectivity index (χ4v) is 7.79. The number of hydrogen-bond acceptors (Lipinski definition) is 9. The van der Waals surface area contributed by atoms with Crippen LogP contribution < -0.4 is 20.9 Å². The Balaban J connectivity index is 1.01. The van der Waals surface area contributed by atoms with Gasteiger partial charge < -0.3 is 40.2 Å². The van der Waals surface area contributed by atoms with Gasteiger partial charge in [-0.25, -0.2) is 19.2 Å². The second kappa shape index (κ2) is 16.3. The predicted octanol–water partition coefficient (Wildman–Crippen LogP) is 5.51. The maximum Gasteiger partial charge on any atom is 0.404 e. The van der Waals surface area contributed by atoms with E-state index in [9.17, 15) is 14.0 Å². The van der Waals surface area contributed by atoms with E-state index < -0.39 is 18.4 Å². The second-order valence-corrected chi connectivity index (χ2v) is 14.4. The van der Waals surface area contributed by atoms with Crippen LogP contribution in [0.4, 0.5) is 26.8 Å². The first-order valence-corrected chi connectivity index (χ1v) is 18.2. The molecule has 3 aromatic rings. The van der Waals surface area contributed by atoms with Crippen molar-refractivity contribution in [2.45, 2.75) is 102 Å². The number of piperidine rings is 2. The highest BCUT2D eigenvalue weighted by atomic mass is 19.1. The first-order valence-electron chi connectivity index (χ1n) is 18.2. The van der Waals surface area contributed by atoms with Gasteiger partial charge in [0.2, 0.25) is 5.95 Å². The fourth-order valence-electron chi connectivity index (χ4n) is 7.79. The highest BCUT2D eigenvalue weighted by Crippen LogP contribution is 2.30. The maximum atomic E-state index is 14.5. The number of nitrogens with one attached hydrogen (secondary N) is 3. The molecular weight excluding hydrogens is 641 g/mol. The summed E-state index contributed by atoms with van der Waals surface area (Å²) in [5, 5.41) is 19.0. The molecule has 3 aromatic heterocycles. The summed E-state index contributed by atoms with van der Waals surface area (Å²) in [6, 6.07) is 4.06. The minimum atomic E-state index is -1.11. The first kappa shape index (κ1) is 35.8. The zero-order valence-electron chi connectivity index (χ0n) is 29.5. The molecule has 2 aliphatic heterocycles. The number of ether oxygens (including phenoxy) is 1. The molecule has 3 fully saturated rings. The Morgan fingerprint density at radius 2 is 1.78 bits per heavy atom. The Morgan fingerprint density at radius 3 is 2.48 bits per heavy atom. The molecule has 6 rings (SSSR count). The van der Waals surface area contributed by atoms with Gasteiger partial charge in [0.25, 0.3) is 5.91 Å². The van der Waals surface area contributed by atoms with E-state index in [-0.39, 0.29) is 30.6 Å². The van der Waals surface area contributed by atoms with Crippen LogP contribution in [0.25, 0.3) is 10.9 Å². The van der Waals surface area contributed by atoms with Crippen molar-refractivity contribution in [1.82, 2.24) is 35.1 Å². The van der Waals surface area contributed by atoms with Crippen molar-refractivity contribution < 1.29 is 23.8 Å². The summed E-state index contributed by atoms with van der Waals surface area (Å²) < 4.78 is 21.9. The molecule has 0 bridgehead atoms. The Kier molecular flexibility index (Phi) is 11.7. The van der Waals surface area contributed by atoms with Gasteiger partial charge in [-0.15, -0.1) is 0 Å². The lowest BCUT2D eigenvalue weighted by Gasteiger charge is -2.33. The predicted molar refractivity (Wildman–Crippen MR) is 191 cm³/mol. The Morgan fingerprint density at radius 1 is 1.02 bits per heavy atom. The van der Waals surface area contributed by atoms with Gasteiger partial charge in [0.05, 0.1) is 23.7 Å². The number of carboxylic acid groups (broad SMARTS) is 1. The summed E-state index contributed by atoms with van der Waals surface area (Å²) in [7, 11) is 1.54. The van der Waals surface area contributed by atoms with Gasteiger partial charge in [0.1, 0.15) is 17.8 Å². The van der Waals surface area contributed by atoms with Gasteiger partial charge in [0.15, 0.2) is 0 Å². The van der Waals surface area contributed by atoms with Crippen molar-refractivity contribution in [2.24, 2.45) is 5.92 Å². The fraction of sp³-hybridized carbons (Fsp3) is 0.639. The van der Waals surface area contributed by atoms with Gasteiger partial charge in [-0.05, 0) is 90.2 Å². The number of carbonyl (C=O) groups is 2. The number of pyridine rings is 1. The number of halogens is 1. The molecule has 272 valence electrons. The molecule has 2 atom stereocenters. The molecule has 2 saturated heterocycles.